The van der Waals surface area contributed by atoms with Gasteiger partial charge in [-0.2, -0.15) is 4.31 Å². The van der Waals surface area contributed by atoms with Gasteiger partial charge in [-0.1, -0.05) is 0 Å². The van der Waals surface area contributed by atoms with E-state index in [1.54, 1.807) is 50.4 Å². The maximum absolute atomic E-state index is 12.5. The largest absolute Gasteiger partial charge is 0.497 e. The lowest BCUT2D eigenvalue weighted by Crippen LogP contribution is -2.30. The van der Waals surface area contributed by atoms with Crippen LogP contribution in [0.1, 0.15) is 19.8 Å². The van der Waals surface area contributed by atoms with E-state index < -0.39 is 16.1 Å². The first kappa shape index (κ1) is 20.2. The van der Waals surface area contributed by atoms with Crippen molar-refractivity contribution in [2.75, 3.05) is 25.5 Å². The number of anilines is 1. The summed E-state index contributed by atoms with van der Waals surface area (Å²) in [5, 5.41) is 2.74. The number of nitrogens with one attached hydrogen (secondary N) is 1. The Labute approximate surface area is 165 Å². The molecule has 0 bridgehead atoms. The molecule has 0 radical (unpaired) electrons. The Morgan fingerprint density at radius 2 is 1.57 bits per heavy atom. The van der Waals surface area contributed by atoms with Crippen molar-refractivity contribution in [3.63, 3.8) is 0 Å². The molecule has 0 aliphatic carbocycles. The summed E-state index contributed by atoms with van der Waals surface area (Å²) in [4.78, 5) is 12.6. The number of benzene rings is 2. The average Bonchev–Trinajstić information content (AvgIpc) is 3.25. The van der Waals surface area contributed by atoms with Crippen LogP contribution < -0.4 is 14.8 Å². The van der Waals surface area contributed by atoms with Gasteiger partial charge in [0.25, 0.3) is 5.91 Å². The van der Waals surface area contributed by atoms with Crippen LogP contribution in [0.4, 0.5) is 5.69 Å². The van der Waals surface area contributed by atoms with Gasteiger partial charge in [0.05, 0.1) is 12.0 Å². The lowest BCUT2D eigenvalue weighted by Gasteiger charge is -2.17. The lowest BCUT2D eigenvalue weighted by atomic mass is 10.3. The molecule has 1 unspecified atom stereocenters. The van der Waals surface area contributed by atoms with Crippen LogP contribution in [0.25, 0.3) is 0 Å². The van der Waals surface area contributed by atoms with Crippen LogP contribution in [-0.2, 0) is 14.8 Å². The minimum atomic E-state index is -3.46. The van der Waals surface area contributed by atoms with Gasteiger partial charge in [-0.15, -0.1) is 0 Å². The van der Waals surface area contributed by atoms with Crippen molar-refractivity contribution >= 4 is 21.6 Å². The predicted octanol–water partition coefficient (Wildman–Crippen LogP) is 2.89. The van der Waals surface area contributed by atoms with Gasteiger partial charge in [0.1, 0.15) is 11.5 Å². The first-order valence-corrected chi connectivity index (χ1v) is 10.6. The second-order valence-electron chi connectivity index (χ2n) is 6.56. The molecule has 150 valence electrons. The van der Waals surface area contributed by atoms with Crippen molar-refractivity contribution < 1.29 is 22.7 Å². The van der Waals surface area contributed by atoms with Gasteiger partial charge in [0.15, 0.2) is 6.10 Å². The summed E-state index contributed by atoms with van der Waals surface area (Å²) < 4.78 is 37.3. The third kappa shape index (κ3) is 4.63. The molecular weight excluding hydrogens is 380 g/mol. The Bertz CT molecular complexity index is 905. The summed E-state index contributed by atoms with van der Waals surface area (Å²) in [5.41, 5.74) is 0.510. The van der Waals surface area contributed by atoms with E-state index in [1.165, 1.54) is 16.4 Å². The normalized spacial score (nSPS) is 15.8. The van der Waals surface area contributed by atoms with Crippen molar-refractivity contribution in [1.82, 2.24) is 4.31 Å². The van der Waals surface area contributed by atoms with Crippen molar-refractivity contribution in [3.05, 3.63) is 48.5 Å². The fourth-order valence-corrected chi connectivity index (χ4v) is 4.46. The number of sulfonamides is 1. The van der Waals surface area contributed by atoms with Crippen molar-refractivity contribution in [2.24, 2.45) is 0 Å². The molecule has 1 N–H and O–H groups in total. The van der Waals surface area contributed by atoms with E-state index in [4.69, 9.17) is 9.47 Å². The van der Waals surface area contributed by atoms with Crippen LogP contribution in [0.2, 0.25) is 0 Å². The molecule has 7 nitrogen and oxygen atoms in total. The zero-order valence-electron chi connectivity index (χ0n) is 15.9. The van der Waals surface area contributed by atoms with Crippen molar-refractivity contribution in [3.8, 4) is 11.5 Å². The summed E-state index contributed by atoms with van der Waals surface area (Å²) in [6, 6.07) is 13.1. The van der Waals surface area contributed by atoms with Crippen LogP contribution in [0.3, 0.4) is 0 Å². The van der Waals surface area contributed by atoms with E-state index in [2.05, 4.69) is 5.32 Å². The topological polar surface area (TPSA) is 84.9 Å². The van der Waals surface area contributed by atoms with Gasteiger partial charge in [-0.05, 0) is 68.3 Å². The zero-order valence-corrected chi connectivity index (χ0v) is 16.7. The van der Waals surface area contributed by atoms with E-state index >= 15 is 0 Å². The first-order valence-electron chi connectivity index (χ1n) is 9.12. The summed E-state index contributed by atoms with van der Waals surface area (Å²) in [6.45, 7) is 2.76. The van der Waals surface area contributed by atoms with E-state index in [-0.39, 0.29) is 10.8 Å². The van der Waals surface area contributed by atoms with Gasteiger partial charge in [-0.25, -0.2) is 8.42 Å². The number of methoxy groups -OCH3 is 1. The van der Waals surface area contributed by atoms with Gasteiger partial charge < -0.3 is 14.8 Å². The molecule has 28 heavy (non-hydrogen) atoms. The number of hydrogen-bond acceptors (Lipinski definition) is 5. The molecule has 1 atom stereocenters. The smallest absolute Gasteiger partial charge is 0.265 e. The number of nitrogens with zero attached hydrogens (tertiary/aromatic N) is 1. The number of rotatable bonds is 7. The number of hydrogen-bond donors (Lipinski definition) is 1. The molecule has 1 saturated heterocycles. The minimum Gasteiger partial charge on any atom is -0.497 e. The third-order valence-electron chi connectivity index (χ3n) is 4.57. The average molecular weight is 404 g/mol. The quantitative estimate of drug-likeness (QED) is 0.767. The zero-order chi connectivity index (χ0) is 20.1. The summed E-state index contributed by atoms with van der Waals surface area (Å²) in [7, 11) is -1.88. The first-order chi connectivity index (χ1) is 13.4. The SMILES string of the molecule is COc1ccc(OC(C)C(=O)Nc2ccc(S(=O)(=O)N3CCCC3)cc2)cc1. The fourth-order valence-electron chi connectivity index (χ4n) is 2.94. The summed E-state index contributed by atoms with van der Waals surface area (Å²) in [5.74, 6) is 0.926. The highest BCUT2D eigenvalue weighted by Crippen LogP contribution is 2.23. The van der Waals surface area contributed by atoms with E-state index in [0.717, 1.165) is 12.8 Å². The summed E-state index contributed by atoms with van der Waals surface area (Å²) in [6.07, 6.45) is 1.06. The van der Waals surface area contributed by atoms with E-state index in [9.17, 15) is 13.2 Å². The molecule has 0 saturated carbocycles. The molecule has 1 heterocycles. The molecule has 3 rings (SSSR count). The molecule has 0 aromatic heterocycles. The number of ether oxygens (including phenoxy) is 2. The maximum Gasteiger partial charge on any atom is 0.265 e. The molecule has 0 spiro atoms. The van der Waals surface area contributed by atoms with Crippen LogP contribution in [-0.4, -0.2) is 44.9 Å². The number of amides is 1. The van der Waals surface area contributed by atoms with Crippen LogP contribution in [0.15, 0.2) is 53.4 Å². The highest BCUT2D eigenvalue weighted by Gasteiger charge is 2.27. The van der Waals surface area contributed by atoms with Crippen LogP contribution in [0, 0.1) is 0 Å². The highest BCUT2D eigenvalue weighted by atomic mass is 32.2. The van der Waals surface area contributed by atoms with Gasteiger partial charge in [0.2, 0.25) is 10.0 Å². The van der Waals surface area contributed by atoms with Crippen molar-refractivity contribution in [2.45, 2.75) is 30.8 Å². The molecule has 1 amide bonds. The molecule has 1 aliphatic rings. The van der Waals surface area contributed by atoms with Crippen molar-refractivity contribution in [1.29, 1.82) is 0 Å². The monoisotopic (exact) mass is 404 g/mol. The molecule has 1 aliphatic heterocycles. The van der Waals surface area contributed by atoms with Gasteiger partial charge in [0, 0.05) is 18.8 Å². The maximum atomic E-state index is 12.5. The summed E-state index contributed by atoms with van der Waals surface area (Å²) >= 11 is 0. The van der Waals surface area contributed by atoms with E-state index in [1.807, 2.05) is 0 Å². The van der Waals surface area contributed by atoms with Gasteiger partial charge >= 0.3 is 0 Å². The number of carbonyl (C=O) groups is 1. The predicted molar refractivity (Wildman–Crippen MR) is 106 cm³/mol. The minimum absolute atomic E-state index is 0.231. The van der Waals surface area contributed by atoms with Crippen LogP contribution in [0.5, 0.6) is 11.5 Å². The Hall–Kier alpha value is -2.58. The molecule has 2 aromatic carbocycles. The molecular formula is C20H24N2O5S. The lowest BCUT2D eigenvalue weighted by molar-refractivity contribution is -0.122. The van der Waals surface area contributed by atoms with Crippen LogP contribution >= 0.6 is 0 Å². The molecule has 8 heteroatoms. The fraction of sp³-hybridized carbons (Fsp3) is 0.350. The number of carbonyl (C=O) groups excluding carboxylic acids is 1. The van der Waals surface area contributed by atoms with Gasteiger partial charge in [-0.3, -0.25) is 4.79 Å². The van der Waals surface area contributed by atoms with E-state index in [0.29, 0.717) is 30.3 Å². The Morgan fingerprint density at radius 1 is 1.00 bits per heavy atom. The standard InChI is InChI=1S/C20H24N2O5S/c1-15(27-18-9-7-17(26-2)8-10-18)20(23)21-16-5-11-19(12-6-16)28(24,25)22-13-3-4-14-22/h5-12,15H,3-4,13-14H2,1-2H3,(H,21,23). The Balaban J connectivity index is 1.60. The second kappa shape index (κ2) is 8.62. The highest BCUT2D eigenvalue weighted by molar-refractivity contribution is 7.89. The molecule has 1 fully saturated rings. The molecule has 2 aromatic rings. The Kier molecular flexibility index (Phi) is 6.21. The second-order valence-corrected chi connectivity index (χ2v) is 8.50. The Morgan fingerprint density at radius 3 is 2.14 bits per heavy atom. The third-order valence-corrected chi connectivity index (χ3v) is 6.48.